The van der Waals surface area contributed by atoms with Crippen LogP contribution in [0.5, 0.6) is 0 Å². The van der Waals surface area contributed by atoms with Crippen molar-refractivity contribution in [1.82, 2.24) is 29.5 Å². The highest BCUT2D eigenvalue weighted by Crippen LogP contribution is 2.34. The van der Waals surface area contributed by atoms with Gasteiger partial charge in [0.2, 0.25) is 5.95 Å². The van der Waals surface area contributed by atoms with Gasteiger partial charge in [-0.05, 0) is 51.6 Å². The Labute approximate surface area is 206 Å². The molecule has 194 valence electrons. The Morgan fingerprint density at radius 2 is 2.08 bits per heavy atom. The van der Waals surface area contributed by atoms with Crippen LogP contribution in [0.1, 0.15) is 36.6 Å². The number of hydrogen-bond donors (Lipinski definition) is 2. The van der Waals surface area contributed by atoms with Crippen LogP contribution in [-0.2, 0) is 10.9 Å². The first kappa shape index (κ1) is 25.5. The van der Waals surface area contributed by atoms with Gasteiger partial charge >= 0.3 is 12.3 Å². The van der Waals surface area contributed by atoms with Crippen LogP contribution in [0.2, 0.25) is 0 Å². The van der Waals surface area contributed by atoms with Crippen molar-refractivity contribution in [2.24, 2.45) is 0 Å². The minimum Gasteiger partial charge on any atom is -0.418 e. The normalized spacial score (nSPS) is 17.2. The maximum atomic E-state index is 13.6. The molecule has 1 fully saturated rings. The number of nitrogens with zero attached hydrogens (tertiary/aromatic N) is 6. The average molecular weight is 507 g/mol. The fraction of sp³-hybridized carbons (Fsp3) is 0.478. The van der Waals surface area contributed by atoms with Crippen LogP contribution in [0.3, 0.4) is 0 Å². The Hall–Kier alpha value is -3.61. The fourth-order valence-electron chi connectivity index (χ4n) is 4.09. The van der Waals surface area contributed by atoms with Gasteiger partial charge in [-0.1, -0.05) is 6.58 Å². The largest absolute Gasteiger partial charge is 0.421 e. The summed E-state index contributed by atoms with van der Waals surface area (Å²) in [5.74, 6) is -0.342. The summed E-state index contributed by atoms with van der Waals surface area (Å²) in [5, 5.41) is 10.3. The van der Waals surface area contributed by atoms with E-state index in [1.165, 1.54) is 11.2 Å². The van der Waals surface area contributed by atoms with E-state index >= 15 is 0 Å². The molecule has 1 saturated heterocycles. The van der Waals surface area contributed by atoms with E-state index in [4.69, 9.17) is 4.74 Å². The number of nitrogens with one attached hydrogen (secondary N) is 2. The molecule has 0 radical (unpaired) electrons. The third-order valence-corrected chi connectivity index (χ3v) is 6.10. The highest BCUT2D eigenvalue weighted by Gasteiger charge is 2.35. The number of alkyl halides is 3. The third-order valence-electron chi connectivity index (χ3n) is 6.10. The molecule has 0 aliphatic carbocycles. The molecule has 1 amide bonds. The number of likely N-dealkylation sites (tertiary alicyclic amines) is 1. The lowest BCUT2D eigenvalue weighted by atomic mass is 10.1. The molecule has 4 rings (SSSR count). The molecular weight excluding hydrogens is 477 g/mol. The van der Waals surface area contributed by atoms with E-state index < -0.39 is 17.8 Å². The number of rotatable bonds is 9. The second-order valence-electron chi connectivity index (χ2n) is 8.71. The Kier molecular flexibility index (Phi) is 7.77. The number of cyclic esters (lactones) is 1. The molecule has 0 atom stereocenters. The molecule has 2 aromatic heterocycles. The number of hydrogen-bond acceptors (Lipinski definition) is 8. The van der Waals surface area contributed by atoms with Gasteiger partial charge < -0.3 is 25.2 Å². The highest BCUT2D eigenvalue weighted by atomic mass is 19.4. The third kappa shape index (κ3) is 6.14. The average Bonchev–Trinajstić information content (AvgIpc) is 3.25. The maximum absolute atomic E-state index is 13.6. The standard InChI is InChI=1S/C23H29F3N8O2/c1-3-18-19(15-34(31-18)16-6-11-32(2)12-7-16)29-21-28-14-17(23(24,25)26)20(30-21)27-8-4-9-33-10-5-13-36-22(33)35/h3,5,13-16H,1,4,6-12H2,2H3,(H2,27,28,29,30). The summed E-state index contributed by atoms with van der Waals surface area (Å²) in [6, 6.07) is 0.230. The molecule has 0 bridgehead atoms. The van der Waals surface area contributed by atoms with Crippen LogP contribution < -0.4 is 10.6 Å². The van der Waals surface area contributed by atoms with Gasteiger partial charge in [-0.15, -0.1) is 0 Å². The summed E-state index contributed by atoms with van der Waals surface area (Å²) in [4.78, 5) is 23.4. The van der Waals surface area contributed by atoms with Crippen molar-refractivity contribution in [3.8, 4) is 0 Å². The van der Waals surface area contributed by atoms with Crippen molar-refractivity contribution in [3.05, 3.63) is 42.6 Å². The van der Waals surface area contributed by atoms with E-state index in [1.54, 1.807) is 12.2 Å². The van der Waals surface area contributed by atoms with Crippen LogP contribution in [0.25, 0.3) is 6.08 Å². The lowest BCUT2D eigenvalue weighted by Gasteiger charge is -2.28. The molecular formula is C23H29F3N8O2. The van der Waals surface area contributed by atoms with Crippen LogP contribution in [-0.4, -0.2) is 75.4 Å². The quantitative estimate of drug-likeness (QED) is 0.490. The summed E-state index contributed by atoms with van der Waals surface area (Å²) < 4.78 is 47.4. The summed E-state index contributed by atoms with van der Waals surface area (Å²) in [6.45, 7) is 6.60. The van der Waals surface area contributed by atoms with Crippen molar-refractivity contribution in [2.75, 3.05) is 50.4 Å². The van der Waals surface area contributed by atoms with Gasteiger partial charge in [0, 0.05) is 32.0 Å². The molecule has 0 aromatic carbocycles. The van der Waals surface area contributed by atoms with Gasteiger partial charge in [0.05, 0.1) is 18.0 Å². The summed E-state index contributed by atoms with van der Waals surface area (Å²) >= 11 is 0. The zero-order valence-electron chi connectivity index (χ0n) is 20.0. The summed E-state index contributed by atoms with van der Waals surface area (Å²) in [5.41, 5.74) is 0.153. The Balaban J connectivity index is 1.46. The Bertz CT molecular complexity index is 1110. The van der Waals surface area contributed by atoms with E-state index in [0.717, 1.165) is 32.1 Å². The molecule has 36 heavy (non-hydrogen) atoms. The van der Waals surface area contributed by atoms with Gasteiger partial charge in [0.15, 0.2) is 0 Å². The van der Waals surface area contributed by atoms with Gasteiger partial charge in [0.25, 0.3) is 0 Å². The lowest BCUT2D eigenvalue weighted by molar-refractivity contribution is -0.137. The van der Waals surface area contributed by atoms with Gasteiger partial charge in [0.1, 0.15) is 17.1 Å². The zero-order valence-corrected chi connectivity index (χ0v) is 20.0. The number of aromatic nitrogens is 4. The van der Waals surface area contributed by atoms with E-state index in [-0.39, 0.29) is 24.4 Å². The van der Waals surface area contributed by atoms with Crippen molar-refractivity contribution in [3.63, 3.8) is 0 Å². The molecule has 10 nitrogen and oxygen atoms in total. The maximum Gasteiger partial charge on any atom is 0.421 e. The fourth-order valence-corrected chi connectivity index (χ4v) is 4.09. The molecule has 2 aliphatic rings. The SMILES string of the molecule is C=Cc1nn(C2CCN(C)CC2)cc1Nc1ncc(C(F)(F)F)c(NCCCN2CC=COC2=O)n1. The van der Waals surface area contributed by atoms with Gasteiger partial charge in [-0.3, -0.25) is 4.68 Å². The number of anilines is 3. The van der Waals surface area contributed by atoms with Crippen LogP contribution >= 0.6 is 0 Å². The molecule has 0 spiro atoms. The number of piperidine rings is 1. The van der Waals surface area contributed by atoms with Crippen molar-refractivity contribution < 1.29 is 22.7 Å². The number of carbonyl (C=O) groups is 1. The molecule has 2 aromatic rings. The van der Waals surface area contributed by atoms with E-state index in [1.807, 2.05) is 10.9 Å². The first-order chi connectivity index (χ1) is 17.2. The van der Waals surface area contributed by atoms with Gasteiger partial charge in [-0.2, -0.15) is 23.3 Å². The second kappa shape index (κ2) is 11.0. The minimum absolute atomic E-state index is 0.00118. The van der Waals surface area contributed by atoms with E-state index in [0.29, 0.717) is 30.9 Å². The van der Waals surface area contributed by atoms with E-state index in [2.05, 4.69) is 44.2 Å². The molecule has 2 aliphatic heterocycles. The zero-order chi connectivity index (χ0) is 25.7. The molecule has 2 N–H and O–H groups in total. The number of ether oxygens (including phenoxy) is 1. The molecule has 13 heteroatoms. The van der Waals surface area contributed by atoms with Gasteiger partial charge in [-0.25, -0.2) is 9.78 Å². The first-order valence-corrected chi connectivity index (χ1v) is 11.7. The topological polar surface area (TPSA) is 100 Å². The minimum atomic E-state index is -4.63. The van der Waals surface area contributed by atoms with Crippen LogP contribution in [0, 0.1) is 0 Å². The van der Waals surface area contributed by atoms with Crippen molar-refractivity contribution >= 4 is 29.6 Å². The predicted molar refractivity (Wildman–Crippen MR) is 129 cm³/mol. The first-order valence-electron chi connectivity index (χ1n) is 11.7. The second-order valence-corrected chi connectivity index (χ2v) is 8.71. The number of halogens is 3. The van der Waals surface area contributed by atoms with Crippen molar-refractivity contribution in [2.45, 2.75) is 31.5 Å². The smallest absolute Gasteiger partial charge is 0.418 e. The summed E-state index contributed by atoms with van der Waals surface area (Å²) in [6.07, 6.45) is 4.33. The van der Waals surface area contributed by atoms with Crippen molar-refractivity contribution in [1.29, 1.82) is 0 Å². The Morgan fingerprint density at radius 3 is 2.78 bits per heavy atom. The summed E-state index contributed by atoms with van der Waals surface area (Å²) in [7, 11) is 2.08. The number of carbonyl (C=O) groups excluding carboxylic acids is 1. The lowest BCUT2D eigenvalue weighted by Crippen LogP contribution is -2.34. The molecule has 0 saturated carbocycles. The van der Waals surface area contributed by atoms with Crippen LogP contribution in [0.4, 0.5) is 35.4 Å². The molecule has 0 unspecified atom stereocenters. The molecule has 4 heterocycles. The monoisotopic (exact) mass is 506 g/mol. The number of amides is 1. The Morgan fingerprint density at radius 1 is 1.31 bits per heavy atom. The van der Waals surface area contributed by atoms with E-state index in [9.17, 15) is 18.0 Å². The highest BCUT2D eigenvalue weighted by molar-refractivity contribution is 5.69. The predicted octanol–water partition coefficient (Wildman–Crippen LogP) is 4.11. The van der Waals surface area contributed by atoms with Crippen LogP contribution in [0.15, 0.2) is 31.3 Å².